The van der Waals surface area contributed by atoms with Crippen molar-refractivity contribution in [1.82, 2.24) is 4.31 Å². The van der Waals surface area contributed by atoms with E-state index in [4.69, 9.17) is 14.3 Å². The van der Waals surface area contributed by atoms with Crippen LogP contribution >= 0.6 is 15.9 Å². The van der Waals surface area contributed by atoms with E-state index < -0.39 is 10.0 Å². The smallest absolute Gasteiger partial charge is 0.247 e. The van der Waals surface area contributed by atoms with Crippen molar-refractivity contribution in [3.63, 3.8) is 0 Å². The summed E-state index contributed by atoms with van der Waals surface area (Å²) in [5.74, 6) is 0.213. The molecule has 6 nitrogen and oxygen atoms in total. The van der Waals surface area contributed by atoms with Crippen molar-refractivity contribution in [2.45, 2.75) is 43.9 Å². The first-order valence-corrected chi connectivity index (χ1v) is 8.66. The SMILES string of the molecule is CCC1COC(C)CN1S(=O)(=O)c1cc(CO)oc1Br. The molecule has 0 aromatic carbocycles. The summed E-state index contributed by atoms with van der Waals surface area (Å²) in [4.78, 5) is 0.0501. The van der Waals surface area contributed by atoms with Gasteiger partial charge in [-0.3, -0.25) is 0 Å². The molecule has 8 heteroatoms. The molecule has 0 radical (unpaired) electrons. The van der Waals surface area contributed by atoms with Crippen molar-refractivity contribution in [3.8, 4) is 0 Å². The van der Waals surface area contributed by atoms with Crippen LogP contribution in [0.25, 0.3) is 0 Å². The summed E-state index contributed by atoms with van der Waals surface area (Å²) >= 11 is 3.10. The summed E-state index contributed by atoms with van der Waals surface area (Å²) in [5, 5.41) is 9.05. The third-order valence-electron chi connectivity index (χ3n) is 3.34. The molecule has 1 fully saturated rings. The molecule has 0 aliphatic carbocycles. The van der Waals surface area contributed by atoms with Crippen molar-refractivity contribution in [2.75, 3.05) is 13.2 Å². The van der Waals surface area contributed by atoms with Crippen LogP contribution in [0.5, 0.6) is 0 Å². The molecule has 0 spiro atoms. The lowest BCUT2D eigenvalue weighted by atomic mass is 10.2. The Balaban J connectivity index is 2.39. The van der Waals surface area contributed by atoms with E-state index in [0.717, 1.165) is 0 Å². The molecule has 0 amide bonds. The number of hydrogen-bond donors (Lipinski definition) is 1. The topological polar surface area (TPSA) is 80.0 Å². The summed E-state index contributed by atoms with van der Waals surface area (Å²) in [6, 6.07) is 1.17. The average molecular weight is 368 g/mol. The Kier molecular flexibility index (Phi) is 4.91. The van der Waals surface area contributed by atoms with Crippen molar-refractivity contribution in [3.05, 3.63) is 16.5 Å². The highest BCUT2D eigenvalue weighted by Crippen LogP contribution is 2.31. The first kappa shape index (κ1) is 16.0. The van der Waals surface area contributed by atoms with Crippen molar-refractivity contribution >= 4 is 26.0 Å². The van der Waals surface area contributed by atoms with Crippen LogP contribution in [-0.2, 0) is 21.4 Å². The molecule has 2 atom stereocenters. The van der Waals surface area contributed by atoms with Gasteiger partial charge >= 0.3 is 0 Å². The van der Waals surface area contributed by atoms with E-state index in [2.05, 4.69) is 15.9 Å². The van der Waals surface area contributed by atoms with Crippen LogP contribution < -0.4 is 0 Å². The van der Waals surface area contributed by atoms with Crippen LogP contribution in [0.2, 0.25) is 0 Å². The third kappa shape index (κ3) is 2.94. The van der Waals surface area contributed by atoms with Crippen LogP contribution in [0.4, 0.5) is 0 Å². The first-order chi connectivity index (χ1) is 9.40. The van der Waals surface area contributed by atoms with Crippen LogP contribution in [0.3, 0.4) is 0 Å². The van der Waals surface area contributed by atoms with Gasteiger partial charge in [-0.1, -0.05) is 6.92 Å². The predicted octanol–water partition coefficient (Wildman–Crippen LogP) is 1.72. The Morgan fingerprint density at radius 3 is 2.80 bits per heavy atom. The maximum Gasteiger partial charge on any atom is 0.247 e. The minimum atomic E-state index is -3.67. The summed E-state index contributed by atoms with van der Waals surface area (Å²) in [7, 11) is -3.67. The van der Waals surface area contributed by atoms with Gasteiger partial charge in [-0.2, -0.15) is 4.31 Å². The molecule has 2 rings (SSSR count). The number of hydrogen-bond acceptors (Lipinski definition) is 5. The van der Waals surface area contributed by atoms with E-state index in [1.54, 1.807) is 0 Å². The maximum absolute atomic E-state index is 12.8. The zero-order valence-corrected chi connectivity index (χ0v) is 13.8. The van der Waals surface area contributed by atoms with E-state index in [0.29, 0.717) is 19.6 Å². The molecule has 1 aliphatic heterocycles. The molecule has 1 N–H and O–H groups in total. The van der Waals surface area contributed by atoms with Gasteiger partial charge in [0, 0.05) is 18.7 Å². The molecule has 20 heavy (non-hydrogen) atoms. The number of halogens is 1. The van der Waals surface area contributed by atoms with Gasteiger partial charge in [0.25, 0.3) is 0 Å². The van der Waals surface area contributed by atoms with Crippen molar-refractivity contribution < 1.29 is 22.7 Å². The summed E-state index contributed by atoms with van der Waals surface area (Å²) in [6.07, 6.45) is 0.532. The standard InChI is InChI=1S/C12H18BrNO5S/c1-3-9-7-18-8(2)5-14(9)20(16,17)11-4-10(6-15)19-12(11)13/h4,8-9,15H,3,5-7H2,1-2H3. The molecule has 1 aliphatic rings. The predicted molar refractivity (Wildman–Crippen MR) is 75.7 cm³/mol. The first-order valence-electron chi connectivity index (χ1n) is 6.42. The highest BCUT2D eigenvalue weighted by atomic mass is 79.9. The van der Waals surface area contributed by atoms with Crippen LogP contribution in [0.15, 0.2) is 20.0 Å². The van der Waals surface area contributed by atoms with E-state index in [1.165, 1.54) is 10.4 Å². The van der Waals surface area contributed by atoms with Gasteiger partial charge < -0.3 is 14.3 Å². The quantitative estimate of drug-likeness (QED) is 0.876. The van der Waals surface area contributed by atoms with Gasteiger partial charge in [0.15, 0.2) is 4.67 Å². The van der Waals surface area contributed by atoms with Gasteiger partial charge in [-0.05, 0) is 29.3 Å². The van der Waals surface area contributed by atoms with Crippen LogP contribution in [0.1, 0.15) is 26.0 Å². The molecule has 2 heterocycles. The lowest BCUT2D eigenvalue weighted by Crippen LogP contribution is -2.51. The van der Waals surface area contributed by atoms with Gasteiger partial charge in [0.05, 0.1) is 12.7 Å². The number of morpholine rings is 1. The molecule has 0 bridgehead atoms. The second-order valence-electron chi connectivity index (χ2n) is 4.79. The number of rotatable bonds is 4. The molecule has 2 unspecified atom stereocenters. The molecule has 1 aromatic rings. The highest BCUT2D eigenvalue weighted by molar-refractivity contribution is 9.10. The monoisotopic (exact) mass is 367 g/mol. The van der Waals surface area contributed by atoms with Crippen molar-refractivity contribution in [1.29, 1.82) is 0 Å². The second kappa shape index (κ2) is 6.15. The Bertz CT molecular complexity index is 570. The normalized spacial score (nSPS) is 25.0. The highest BCUT2D eigenvalue weighted by Gasteiger charge is 2.37. The number of aliphatic hydroxyl groups is 1. The molecular formula is C12H18BrNO5S. The van der Waals surface area contributed by atoms with Crippen LogP contribution in [-0.4, -0.2) is 43.1 Å². The van der Waals surface area contributed by atoms with E-state index in [9.17, 15) is 8.42 Å². The molecule has 0 saturated carbocycles. The average Bonchev–Trinajstić information content (AvgIpc) is 2.80. The molecule has 1 aromatic heterocycles. The molecule has 114 valence electrons. The molecule has 1 saturated heterocycles. The fourth-order valence-corrected chi connectivity index (χ4v) is 4.93. The van der Waals surface area contributed by atoms with E-state index in [1.807, 2.05) is 13.8 Å². The summed E-state index contributed by atoms with van der Waals surface area (Å²) in [6.45, 7) is 4.13. The molecular weight excluding hydrogens is 350 g/mol. The maximum atomic E-state index is 12.8. The van der Waals surface area contributed by atoms with E-state index in [-0.39, 0.29) is 34.1 Å². The fourth-order valence-electron chi connectivity index (χ4n) is 2.21. The Hall–Kier alpha value is -0.410. The summed E-state index contributed by atoms with van der Waals surface area (Å²) < 4.78 is 37.8. The fraction of sp³-hybridized carbons (Fsp3) is 0.667. The Labute approximate surface area is 126 Å². The van der Waals surface area contributed by atoms with Gasteiger partial charge in [0.2, 0.25) is 10.0 Å². The number of sulfonamides is 1. The minimum Gasteiger partial charge on any atom is -0.450 e. The number of nitrogens with zero attached hydrogens (tertiary/aromatic N) is 1. The second-order valence-corrected chi connectivity index (χ2v) is 7.37. The van der Waals surface area contributed by atoms with Gasteiger partial charge in [-0.15, -0.1) is 0 Å². The third-order valence-corrected chi connectivity index (χ3v) is 6.11. The zero-order chi connectivity index (χ0) is 14.9. The van der Waals surface area contributed by atoms with Crippen LogP contribution in [0, 0.1) is 0 Å². The minimum absolute atomic E-state index is 0.0501. The zero-order valence-electron chi connectivity index (χ0n) is 11.4. The Morgan fingerprint density at radius 2 is 2.25 bits per heavy atom. The van der Waals surface area contributed by atoms with Crippen molar-refractivity contribution in [2.24, 2.45) is 0 Å². The van der Waals surface area contributed by atoms with Gasteiger partial charge in [-0.25, -0.2) is 8.42 Å². The lowest BCUT2D eigenvalue weighted by Gasteiger charge is -2.36. The van der Waals surface area contributed by atoms with E-state index >= 15 is 0 Å². The van der Waals surface area contributed by atoms with Gasteiger partial charge in [0.1, 0.15) is 17.3 Å². The number of furan rings is 1. The largest absolute Gasteiger partial charge is 0.450 e. The number of ether oxygens (including phenoxy) is 1. The Morgan fingerprint density at radius 1 is 1.55 bits per heavy atom. The number of aliphatic hydroxyl groups excluding tert-OH is 1. The lowest BCUT2D eigenvalue weighted by molar-refractivity contribution is -0.0230. The summed E-state index contributed by atoms with van der Waals surface area (Å²) in [5.41, 5.74) is 0.